The third-order valence-electron chi connectivity index (χ3n) is 5.29. The minimum atomic E-state index is -0.168. The Kier molecular flexibility index (Phi) is 5.09. The molecule has 2 atom stereocenters. The number of carbonyl (C=O) groups excluding carboxylic acids is 1. The molecule has 0 aliphatic carbocycles. The highest BCUT2D eigenvalue weighted by Gasteiger charge is 2.33. The highest BCUT2D eigenvalue weighted by molar-refractivity contribution is 5.78. The van der Waals surface area contributed by atoms with Gasteiger partial charge in [-0.3, -0.25) is 14.7 Å². The Balaban J connectivity index is 1.64. The number of rotatable bonds is 5. The summed E-state index contributed by atoms with van der Waals surface area (Å²) in [5.41, 5.74) is 1.78. The van der Waals surface area contributed by atoms with Gasteiger partial charge in [-0.15, -0.1) is 0 Å². The van der Waals surface area contributed by atoms with Crippen LogP contribution in [-0.4, -0.2) is 46.8 Å². The van der Waals surface area contributed by atoms with Crippen molar-refractivity contribution < 1.29 is 19.4 Å². The number of likely N-dealkylation sites (tertiary alicyclic amines) is 1. The molecule has 2 N–H and O–H groups in total. The van der Waals surface area contributed by atoms with Crippen molar-refractivity contribution in [3.05, 3.63) is 47.8 Å². The molecule has 0 saturated carbocycles. The van der Waals surface area contributed by atoms with Crippen molar-refractivity contribution in [1.29, 1.82) is 0 Å². The molecule has 28 heavy (non-hydrogen) atoms. The van der Waals surface area contributed by atoms with Crippen LogP contribution in [-0.2, 0) is 4.79 Å². The molecule has 1 aromatic carbocycles. The highest BCUT2D eigenvalue weighted by Crippen LogP contribution is 2.43. The monoisotopic (exact) mass is 383 g/mol. The molecular formula is C21H25N3O4. The van der Waals surface area contributed by atoms with Crippen molar-refractivity contribution in [2.45, 2.75) is 32.4 Å². The van der Waals surface area contributed by atoms with Crippen LogP contribution in [0.15, 0.2) is 36.7 Å². The molecule has 1 aromatic heterocycles. The van der Waals surface area contributed by atoms with Gasteiger partial charge in [0.25, 0.3) is 0 Å². The summed E-state index contributed by atoms with van der Waals surface area (Å²) in [6.07, 6.45) is 4.37. The number of ether oxygens (including phenoxy) is 2. The van der Waals surface area contributed by atoms with E-state index in [2.05, 4.69) is 15.2 Å². The molecule has 1 unspecified atom stereocenters. The van der Waals surface area contributed by atoms with E-state index in [0.29, 0.717) is 18.0 Å². The number of nitrogens with one attached hydrogen (secondary N) is 1. The summed E-state index contributed by atoms with van der Waals surface area (Å²) < 4.78 is 10.9. The number of carbonyl (C=O) groups is 1. The van der Waals surface area contributed by atoms with Crippen LogP contribution >= 0.6 is 0 Å². The SMILES string of the molecule is CC(C)C(=O)N[C@@H]1CCN(C(c2ccncc2)c2cc3c(cc2O)OCO3)C1. The number of fused-ring (bicyclic) bond motifs is 1. The quantitative estimate of drug-likeness (QED) is 0.825. The van der Waals surface area contributed by atoms with Gasteiger partial charge >= 0.3 is 0 Å². The van der Waals surface area contributed by atoms with Crippen LogP contribution in [0.5, 0.6) is 17.2 Å². The number of aromatic hydroxyl groups is 1. The van der Waals surface area contributed by atoms with E-state index in [1.165, 1.54) is 0 Å². The molecule has 0 bridgehead atoms. The van der Waals surface area contributed by atoms with Crippen LogP contribution in [0.4, 0.5) is 0 Å². The Morgan fingerprint density at radius 3 is 2.68 bits per heavy atom. The van der Waals surface area contributed by atoms with Gasteiger partial charge in [0.2, 0.25) is 12.7 Å². The lowest BCUT2D eigenvalue weighted by molar-refractivity contribution is -0.124. The van der Waals surface area contributed by atoms with E-state index in [0.717, 1.165) is 24.1 Å². The average molecular weight is 383 g/mol. The van der Waals surface area contributed by atoms with Crippen LogP contribution < -0.4 is 14.8 Å². The van der Waals surface area contributed by atoms with E-state index < -0.39 is 0 Å². The van der Waals surface area contributed by atoms with E-state index in [1.807, 2.05) is 32.0 Å². The lowest BCUT2D eigenvalue weighted by Crippen LogP contribution is -2.39. The van der Waals surface area contributed by atoms with E-state index in [-0.39, 0.29) is 36.5 Å². The predicted molar refractivity (Wildman–Crippen MR) is 103 cm³/mol. The van der Waals surface area contributed by atoms with Crippen LogP contribution in [0.3, 0.4) is 0 Å². The first-order valence-electron chi connectivity index (χ1n) is 9.59. The fraction of sp³-hybridized carbons (Fsp3) is 0.429. The highest BCUT2D eigenvalue weighted by atomic mass is 16.7. The minimum Gasteiger partial charge on any atom is -0.507 e. The summed E-state index contributed by atoms with van der Waals surface area (Å²) >= 11 is 0. The molecule has 7 nitrogen and oxygen atoms in total. The van der Waals surface area contributed by atoms with Gasteiger partial charge in [-0.1, -0.05) is 13.8 Å². The second-order valence-corrected chi connectivity index (χ2v) is 7.59. The first kappa shape index (κ1) is 18.6. The molecule has 1 fully saturated rings. The number of nitrogens with zero attached hydrogens (tertiary/aromatic N) is 2. The maximum Gasteiger partial charge on any atom is 0.231 e. The Bertz CT molecular complexity index is 856. The van der Waals surface area contributed by atoms with Crippen LogP contribution in [0.2, 0.25) is 0 Å². The molecule has 0 radical (unpaired) electrons. The molecule has 2 aliphatic heterocycles. The molecule has 148 valence electrons. The number of amides is 1. The Labute approximate surface area is 164 Å². The lowest BCUT2D eigenvalue weighted by atomic mass is 9.96. The molecule has 4 rings (SSSR count). The van der Waals surface area contributed by atoms with Crippen LogP contribution in [0.25, 0.3) is 0 Å². The lowest BCUT2D eigenvalue weighted by Gasteiger charge is -2.29. The number of benzene rings is 1. The van der Waals surface area contributed by atoms with Gasteiger partial charge in [-0.2, -0.15) is 0 Å². The van der Waals surface area contributed by atoms with Gasteiger partial charge in [-0.05, 0) is 30.2 Å². The second kappa shape index (κ2) is 7.67. The van der Waals surface area contributed by atoms with Crippen molar-refractivity contribution >= 4 is 5.91 Å². The zero-order chi connectivity index (χ0) is 19.7. The summed E-state index contributed by atoms with van der Waals surface area (Å²) in [5.74, 6) is 1.39. The van der Waals surface area contributed by atoms with Crippen molar-refractivity contribution in [1.82, 2.24) is 15.2 Å². The largest absolute Gasteiger partial charge is 0.507 e. The maximum atomic E-state index is 12.1. The fourth-order valence-corrected chi connectivity index (χ4v) is 3.81. The summed E-state index contributed by atoms with van der Waals surface area (Å²) in [4.78, 5) is 18.5. The number of hydrogen-bond donors (Lipinski definition) is 2. The second-order valence-electron chi connectivity index (χ2n) is 7.59. The van der Waals surface area contributed by atoms with Gasteiger partial charge in [-0.25, -0.2) is 0 Å². The molecule has 7 heteroatoms. The van der Waals surface area contributed by atoms with Crippen molar-refractivity contribution in [2.24, 2.45) is 5.92 Å². The van der Waals surface area contributed by atoms with Gasteiger partial charge in [0.1, 0.15) is 5.75 Å². The third-order valence-corrected chi connectivity index (χ3v) is 5.29. The summed E-state index contributed by atoms with van der Waals surface area (Å²) in [7, 11) is 0. The standard InChI is InChI=1S/C21H25N3O4/c1-13(2)21(26)23-15-5-8-24(11-15)20(14-3-6-22-7-4-14)16-9-18-19(10-17(16)25)28-12-27-18/h3-4,6-7,9-10,13,15,20,25H,5,8,11-12H2,1-2H3,(H,23,26)/t15-,20?/m1/s1. The molecule has 2 aliphatic rings. The van der Waals surface area contributed by atoms with Gasteiger partial charge < -0.3 is 19.9 Å². The third kappa shape index (κ3) is 3.62. The number of hydrogen-bond acceptors (Lipinski definition) is 6. The van der Waals surface area contributed by atoms with Gasteiger partial charge in [0.05, 0.1) is 6.04 Å². The number of pyridine rings is 1. The minimum absolute atomic E-state index is 0.0389. The predicted octanol–water partition coefficient (Wildman–Crippen LogP) is 2.45. The van der Waals surface area contributed by atoms with Crippen molar-refractivity contribution in [3.8, 4) is 17.2 Å². The van der Waals surface area contributed by atoms with Crippen LogP contribution in [0, 0.1) is 5.92 Å². The zero-order valence-electron chi connectivity index (χ0n) is 16.1. The normalized spacial score (nSPS) is 19.8. The Hall–Kier alpha value is -2.80. The van der Waals surface area contributed by atoms with E-state index in [1.54, 1.807) is 18.5 Å². The Morgan fingerprint density at radius 1 is 1.25 bits per heavy atom. The van der Waals surface area contributed by atoms with Gasteiger partial charge in [0.15, 0.2) is 11.5 Å². The zero-order valence-corrected chi connectivity index (χ0v) is 16.1. The molecular weight excluding hydrogens is 358 g/mol. The summed E-state index contributed by atoms with van der Waals surface area (Å²) in [6, 6.07) is 7.29. The molecule has 3 heterocycles. The Morgan fingerprint density at radius 2 is 1.96 bits per heavy atom. The average Bonchev–Trinajstić information content (AvgIpc) is 3.32. The van der Waals surface area contributed by atoms with Crippen molar-refractivity contribution in [2.75, 3.05) is 19.9 Å². The summed E-state index contributed by atoms with van der Waals surface area (Å²) in [5, 5.41) is 13.8. The van der Waals surface area contributed by atoms with E-state index in [9.17, 15) is 9.90 Å². The number of phenolic OH excluding ortho intramolecular Hbond substituents is 1. The first-order chi connectivity index (χ1) is 13.5. The fourth-order valence-electron chi connectivity index (χ4n) is 3.81. The first-order valence-corrected chi connectivity index (χ1v) is 9.59. The topological polar surface area (TPSA) is 83.9 Å². The van der Waals surface area contributed by atoms with Crippen molar-refractivity contribution in [3.63, 3.8) is 0 Å². The van der Waals surface area contributed by atoms with Crippen LogP contribution in [0.1, 0.15) is 37.4 Å². The molecule has 1 amide bonds. The van der Waals surface area contributed by atoms with E-state index >= 15 is 0 Å². The summed E-state index contributed by atoms with van der Waals surface area (Å²) in [6.45, 7) is 5.47. The maximum absolute atomic E-state index is 12.1. The smallest absolute Gasteiger partial charge is 0.231 e. The number of phenols is 1. The van der Waals surface area contributed by atoms with Gasteiger partial charge in [0, 0.05) is 49.1 Å². The molecule has 0 spiro atoms. The molecule has 2 aromatic rings. The van der Waals surface area contributed by atoms with E-state index in [4.69, 9.17) is 9.47 Å². The molecule has 1 saturated heterocycles. The number of aromatic nitrogens is 1.